The number of carbonyl (C=O) groups is 1. The number of ether oxygens (including phenoxy) is 3. The van der Waals surface area contributed by atoms with Gasteiger partial charge in [-0.15, -0.1) is 0 Å². The van der Waals surface area contributed by atoms with Crippen molar-refractivity contribution in [1.82, 2.24) is 5.32 Å². The Kier molecular flexibility index (Phi) is 7.53. The van der Waals surface area contributed by atoms with Gasteiger partial charge in [-0.1, -0.05) is 12.1 Å². The first kappa shape index (κ1) is 20.2. The van der Waals surface area contributed by atoms with Crippen molar-refractivity contribution in [3.05, 3.63) is 29.8 Å². The van der Waals surface area contributed by atoms with Crippen LogP contribution in [0, 0.1) is 5.92 Å². The summed E-state index contributed by atoms with van der Waals surface area (Å²) in [4.78, 5) is 11.0. The second-order valence-electron chi connectivity index (χ2n) is 8.04. The minimum absolute atomic E-state index is 0.00860. The zero-order valence-electron chi connectivity index (χ0n) is 16.6. The van der Waals surface area contributed by atoms with Crippen LogP contribution < -0.4 is 10.1 Å². The quantitative estimate of drug-likeness (QED) is 0.675. The third-order valence-electron chi connectivity index (χ3n) is 5.24. The molecule has 1 aromatic rings. The van der Waals surface area contributed by atoms with Gasteiger partial charge in [0.15, 0.2) is 0 Å². The van der Waals surface area contributed by atoms with Crippen molar-refractivity contribution >= 4 is 5.91 Å². The van der Waals surface area contributed by atoms with Crippen molar-refractivity contribution in [2.75, 3.05) is 13.2 Å². The van der Waals surface area contributed by atoms with Crippen LogP contribution >= 0.6 is 0 Å². The van der Waals surface area contributed by atoms with Gasteiger partial charge >= 0.3 is 0 Å². The molecule has 0 saturated heterocycles. The molecule has 5 heteroatoms. The Morgan fingerprint density at radius 1 is 1.04 bits per heavy atom. The molecule has 1 aromatic carbocycles. The molecular weight excluding hydrogens is 342 g/mol. The highest BCUT2D eigenvalue weighted by Crippen LogP contribution is 2.29. The van der Waals surface area contributed by atoms with Gasteiger partial charge in [-0.3, -0.25) is 4.79 Å². The smallest absolute Gasteiger partial charge is 0.217 e. The maximum Gasteiger partial charge on any atom is 0.217 e. The molecule has 27 heavy (non-hydrogen) atoms. The Balaban J connectivity index is 1.29. The molecule has 5 nitrogen and oxygen atoms in total. The second-order valence-corrected chi connectivity index (χ2v) is 8.04. The van der Waals surface area contributed by atoms with E-state index in [4.69, 9.17) is 14.2 Å². The number of carbonyl (C=O) groups excluding carboxylic acids is 1. The van der Waals surface area contributed by atoms with Crippen molar-refractivity contribution in [3.8, 4) is 5.75 Å². The number of nitrogens with one attached hydrogen (secondary N) is 1. The van der Waals surface area contributed by atoms with Gasteiger partial charge in [0.05, 0.1) is 32.0 Å². The van der Waals surface area contributed by atoms with Crippen LogP contribution in [0.15, 0.2) is 24.3 Å². The average molecular weight is 376 g/mol. The summed E-state index contributed by atoms with van der Waals surface area (Å²) < 4.78 is 17.8. The van der Waals surface area contributed by atoms with E-state index in [2.05, 4.69) is 17.4 Å². The molecule has 0 bridgehead atoms. The third-order valence-corrected chi connectivity index (χ3v) is 5.24. The summed E-state index contributed by atoms with van der Waals surface area (Å²) in [6, 6.07) is 8.35. The molecule has 150 valence electrons. The van der Waals surface area contributed by atoms with Crippen molar-refractivity contribution in [3.63, 3.8) is 0 Å². The molecule has 2 saturated carbocycles. The predicted octanol–water partition coefficient (Wildman–Crippen LogP) is 3.84. The molecule has 0 aromatic heterocycles. The molecule has 0 heterocycles. The SMILES string of the molecule is CC(=O)N[C@@H](C)CO[C@H]1CC[C@H](OCc2ccc(OCC3CC3)cc2)CC1. The fraction of sp³-hybridized carbons (Fsp3) is 0.682. The maximum absolute atomic E-state index is 11.0. The molecule has 1 N–H and O–H groups in total. The third kappa shape index (κ3) is 7.51. The van der Waals surface area contributed by atoms with Gasteiger partial charge in [-0.25, -0.2) is 0 Å². The van der Waals surface area contributed by atoms with Gasteiger partial charge < -0.3 is 19.5 Å². The molecule has 2 fully saturated rings. The van der Waals surface area contributed by atoms with E-state index in [1.807, 2.05) is 19.1 Å². The number of benzene rings is 1. The molecule has 1 atom stereocenters. The van der Waals surface area contributed by atoms with Crippen molar-refractivity contribution in [2.24, 2.45) is 5.92 Å². The average Bonchev–Trinajstić information content (AvgIpc) is 3.49. The minimum Gasteiger partial charge on any atom is -0.493 e. The van der Waals surface area contributed by atoms with E-state index < -0.39 is 0 Å². The summed E-state index contributed by atoms with van der Waals surface area (Å²) >= 11 is 0. The lowest BCUT2D eigenvalue weighted by molar-refractivity contribution is -0.120. The van der Waals surface area contributed by atoms with Gasteiger partial charge in [0.1, 0.15) is 5.75 Å². The Morgan fingerprint density at radius 2 is 1.67 bits per heavy atom. The molecule has 3 rings (SSSR count). The van der Waals surface area contributed by atoms with E-state index in [0.29, 0.717) is 19.3 Å². The number of hydrogen-bond donors (Lipinski definition) is 1. The molecule has 0 radical (unpaired) electrons. The van der Waals surface area contributed by atoms with Gasteiger partial charge in [-0.2, -0.15) is 0 Å². The molecular formula is C22H33NO4. The number of rotatable bonds is 10. The lowest BCUT2D eigenvalue weighted by Crippen LogP contribution is -2.36. The van der Waals surface area contributed by atoms with Crippen LogP contribution in [0.2, 0.25) is 0 Å². The predicted molar refractivity (Wildman–Crippen MR) is 105 cm³/mol. The van der Waals surface area contributed by atoms with Crippen LogP contribution in [-0.4, -0.2) is 37.4 Å². The fourth-order valence-electron chi connectivity index (χ4n) is 3.43. The monoisotopic (exact) mass is 375 g/mol. The summed E-state index contributed by atoms with van der Waals surface area (Å²) in [7, 11) is 0. The van der Waals surface area contributed by atoms with Crippen LogP contribution in [0.3, 0.4) is 0 Å². The van der Waals surface area contributed by atoms with Crippen LogP contribution in [-0.2, 0) is 20.9 Å². The largest absolute Gasteiger partial charge is 0.493 e. The van der Waals surface area contributed by atoms with E-state index in [9.17, 15) is 4.79 Å². The molecule has 0 spiro atoms. The van der Waals surface area contributed by atoms with E-state index in [1.54, 1.807) is 0 Å². The molecule has 2 aliphatic carbocycles. The van der Waals surface area contributed by atoms with E-state index in [0.717, 1.165) is 44.0 Å². The summed E-state index contributed by atoms with van der Waals surface area (Å²) in [5.41, 5.74) is 1.19. The first-order valence-electron chi connectivity index (χ1n) is 10.3. The first-order valence-corrected chi connectivity index (χ1v) is 10.3. The minimum atomic E-state index is -0.00860. The normalized spacial score (nSPS) is 23.6. The van der Waals surface area contributed by atoms with Gasteiger partial charge in [0.2, 0.25) is 5.91 Å². The van der Waals surface area contributed by atoms with Crippen molar-refractivity contribution < 1.29 is 19.0 Å². The Labute approximate surface area is 162 Å². The van der Waals surface area contributed by atoms with E-state index in [-0.39, 0.29) is 18.1 Å². The van der Waals surface area contributed by atoms with Crippen LogP contribution in [0.4, 0.5) is 0 Å². The Hall–Kier alpha value is -1.59. The zero-order valence-corrected chi connectivity index (χ0v) is 16.6. The van der Waals surface area contributed by atoms with Gasteiger partial charge in [0, 0.05) is 13.0 Å². The van der Waals surface area contributed by atoms with Gasteiger partial charge in [0.25, 0.3) is 0 Å². The number of amides is 1. The van der Waals surface area contributed by atoms with E-state index >= 15 is 0 Å². The highest BCUT2D eigenvalue weighted by atomic mass is 16.5. The van der Waals surface area contributed by atoms with Gasteiger partial charge in [-0.05, 0) is 69.1 Å². The van der Waals surface area contributed by atoms with E-state index in [1.165, 1.54) is 25.3 Å². The summed E-state index contributed by atoms with van der Waals surface area (Å²) in [6.45, 7) is 5.58. The molecule has 0 aliphatic heterocycles. The van der Waals surface area contributed by atoms with Crippen LogP contribution in [0.1, 0.15) is 57.9 Å². The van der Waals surface area contributed by atoms with Crippen LogP contribution in [0.25, 0.3) is 0 Å². The summed E-state index contributed by atoms with van der Waals surface area (Å²) in [5.74, 6) is 1.73. The second kappa shape index (κ2) is 10.1. The Morgan fingerprint density at radius 3 is 2.26 bits per heavy atom. The maximum atomic E-state index is 11.0. The zero-order chi connectivity index (χ0) is 19.1. The lowest BCUT2D eigenvalue weighted by atomic mass is 9.95. The topological polar surface area (TPSA) is 56.8 Å². The fourth-order valence-corrected chi connectivity index (χ4v) is 3.43. The molecule has 2 aliphatic rings. The molecule has 0 unspecified atom stereocenters. The lowest BCUT2D eigenvalue weighted by Gasteiger charge is -2.29. The standard InChI is InChI=1S/C22H33NO4/c1-16(23-17(2)24)13-25-21-9-11-22(12-10-21)27-15-19-5-7-20(8-6-19)26-14-18-3-4-18/h5-8,16,18,21-22H,3-4,9-15H2,1-2H3,(H,23,24)/t16-,21-,22-/m0/s1. The highest BCUT2D eigenvalue weighted by Gasteiger charge is 2.23. The number of hydrogen-bond acceptors (Lipinski definition) is 4. The van der Waals surface area contributed by atoms with Crippen molar-refractivity contribution in [2.45, 2.75) is 77.2 Å². The Bertz CT molecular complexity index is 576. The van der Waals surface area contributed by atoms with Crippen molar-refractivity contribution in [1.29, 1.82) is 0 Å². The summed E-state index contributed by atoms with van der Waals surface area (Å²) in [6.07, 6.45) is 7.31. The van der Waals surface area contributed by atoms with Crippen LogP contribution in [0.5, 0.6) is 5.75 Å². The highest BCUT2D eigenvalue weighted by molar-refractivity contribution is 5.73. The molecule has 1 amide bonds. The summed E-state index contributed by atoms with van der Waals surface area (Å²) in [5, 5.41) is 2.85. The first-order chi connectivity index (χ1) is 13.1.